The molecule has 1 unspecified atom stereocenters. The summed E-state index contributed by atoms with van der Waals surface area (Å²) in [5, 5.41) is 0. The van der Waals surface area contributed by atoms with Gasteiger partial charge in [-0.05, 0) is 30.3 Å². The van der Waals surface area contributed by atoms with E-state index in [9.17, 15) is 9.00 Å². The summed E-state index contributed by atoms with van der Waals surface area (Å²) in [6.07, 6.45) is 1.55. The Morgan fingerprint density at radius 2 is 1.90 bits per heavy atom. The minimum absolute atomic E-state index is 0.201. The highest BCUT2D eigenvalue weighted by atomic mass is 32.2. The molecule has 0 spiro atoms. The lowest BCUT2D eigenvalue weighted by atomic mass is 10.1. The largest absolute Gasteiger partial charge is 0.497 e. The van der Waals surface area contributed by atoms with E-state index in [0.29, 0.717) is 11.5 Å². The Hall–Kier alpha value is -2.15. The number of methoxy groups -OCH3 is 2. The van der Waals surface area contributed by atoms with Crippen LogP contribution >= 0.6 is 0 Å². The summed E-state index contributed by atoms with van der Waals surface area (Å²) in [4.78, 5) is 11.7. The molecule has 0 saturated heterocycles. The van der Waals surface area contributed by atoms with Gasteiger partial charge in [-0.3, -0.25) is 4.31 Å². The number of esters is 1. The van der Waals surface area contributed by atoms with Crippen molar-refractivity contribution in [1.29, 1.82) is 0 Å². The van der Waals surface area contributed by atoms with Gasteiger partial charge in [0.15, 0.2) is 0 Å². The Balaban J connectivity index is 2.39. The Morgan fingerprint density at radius 3 is 2.45 bits per heavy atom. The van der Waals surface area contributed by atoms with Gasteiger partial charge in [-0.1, -0.05) is 0 Å². The van der Waals surface area contributed by atoms with Gasteiger partial charge < -0.3 is 9.47 Å². The zero-order chi connectivity index (χ0) is 14.7. The number of rotatable bonds is 3. The van der Waals surface area contributed by atoms with Gasteiger partial charge >= 0.3 is 5.97 Å². The van der Waals surface area contributed by atoms with E-state index < -0.39 is 17.1 Å². The molecule has 0 bridgehead atoms. The van der Waals surface area contributed by atoms with Crippen LogP contribution in [0.4, 0.5) is 0 Å². The lowest BCUT2D eigenvalue weighted by molar-refractivity contribution is -0.137. The summed E-state index contributed by atoms with van der Waals surface area (Å²) in [5.74, 6) is 0.155. The average molecular weight is 294 g/mol. The molecule has 1 aromatic rings. The third kappa shape index (κ3) is 2.72. The molecule has 7 heteroatoms. The fourth-order valence-electron chi connectivity index (χ4n) is 1.67. The van der Waals surface area contributed by atoms with Crippen molar-refractivity contribution in [3.8, 4) is 5.75 Å². The molecule has 106 valence electrons. The number of hydrogen-bond donors (Lipinski definition) is 0. The van der Waals surface area contributed by atoms with Crippen LogP contribution in [0.1, 0.15) is 5.56 Å². The first-order valence-corrected chi connectivity index (χ1v) is 6.82. The molecular formula is C13H14N2O4S. The van der Waals surface area contributed by atoms with E-state index in [1.54, 1.807) is 37.5 Å². The molecule has 6 nitrogen and oxygen atoms in total. The van der Waals surface area contributed by atoms with Gasteiger partial charge in [0.1, 0.15) is 11.4 Å². The molecule has 0 N–H and O–H groups in total. The topological polar surface area (TPSA) is 68.2 Å². The number of likely N-dealkylation sites (N-methyl/N-ethyl adjacent to an activating group) is 1. The summed E-state index contributed by atoms with van der Waals surface area (Å²) in [6, 6.07) is 7.10. The first-order valence-electron chi connectivity index (χ1n) is 5.75. The average Bonchev–Trinajstić information content (AvgIpc) is 2.49. The minimum Gasteiger partial charge on any atom is -0.497 e. The lowest BCUT2D eigenvalue weighted by Gasteiger charge is -2.21. The Labute approximate surface area is 119 Å². The number of carbonyl (C=O) groups excluding carboxylic acids is 1. The SMILES string of the molecule is COC(=O)C1=CC(c2ccc(OC)cc2)=NS(=O)N1C. The highest BCUT2D eigenvalue weighted by molar-refractivity contribution is 7.81. The maximum Gasteiger partial charge on any atom is 0.355 e. The van der Waals surface area contributed by atoms with Gasteiger partial charge in [0.2, 0.25) is 11.2 Å². The fourth-order valence-corrected chi connectivity index (χ4v) is 2.41. The standard InChI is InChI=1S/C13H14N2O4S/c1-15-12(13(16)19-3)8-11(14-20(15)17)9-4-6-10(18-2)7-5-9/h4-8H,1-3H3. The smallest absolute Gasteiger partial charge is 0.355 e. The van der Waals surface area contributed by atoms with Crippen molar-refractivity contribution in [3.63, 3.8) is 0 Å². The van der Waals surface area contributed by atoms with E-state index in [0.717, 1.165) is 5.56 Å². The third-order valence-electron chi connectivity index (χ3n) is 2.80. The van der Waals surface area contributed by atoms with E-state index >= 15 is 0 Å². The van der Waals surface area contributed by atoms with E-state index in [1.165, 1.54) is 18.5 Å². The molecule has 1 aliphatic heterocycles. The zero-order valence-electron chi connectivity index (χ0n) is 11.3. The molecule has 2 rings (SSSR count). The van der Waals surface area contributed by atoms with Crippen LogP contribution in [-0.4, -0.2) is 41.5 Å². The fraction of sp³-hybridized carbons (Fsp3) is 0.231. The monoisotopic (exact) mass is 294 g/mol. The zero-order valence-corrected chi connectivity index (χ0v) is 12.1. The molecule has 0 aliphatic carbocycles. The third-order valence-corrected chi connectivity index (χ3v) is 3.82. The molecule has 20 heavy (non-hydrogen) atoms. The van der Waals surface area contributed by atoms with Crippen molar-refractivity contribution < 1.29 is 18.5 Å². The van der Waals surface area contributed by atoms with Crippen LogP contribution in [0.25, 0.3) is 0 Å². The summed E-state index contributed by atoms with van der Waals surface area (Å²) < 4.78 is 27.0. The molecule has 0 aromatic heterocycles. The van der Waals surface area contributed by atoms with Crippen LogP contribution in [0, 0.1) is 0 Å². The van der Waals surface area contributed by atoms with Crippen LogP contribution in [0.15, 0.2) is 40.4 Å². The molecule has 0 saturated carbocycles. The maximum absolute atomic E-state index is 11.9. The second kappa shape index (κ2) is 5.87. The van der Waals surface area contributed by atoms with E-state index in [-0.39, 0.29) is 5.70 Å². The van der Waals surface area contributed by atoms with E-state index in [1.807, 2.05) is 0 Å². The minimum atomic E-state index is -1.65. The molecule has 0 amide bonds. The predicted molar refractivity (Wildman–Crippen MR) is 75.5 cm³/mol. The van der Waals surface area contributed by atoms with Crippen LogP contribution < -0.4 is 4.74 Å². The molecular weight excluding hydrogens is 280 g/mol. The van der Waals surface area contributed by atoms with Gasteiger partial charge in [0, 0.05) is 12.6 Å². The normalized spacial score (nSPS) is 18.1. The van der Waals surface area contributed by atoms with Crippen LogP contribution in [0.5, 0.6) is 5.75 Å². The Kier molecular flexibility index (Phi) is 4.19. The van der Waals surface area contributed by atoms with Gasteiger partial charge in [0.25, 0.3) is 0 Å². The number of hydrogen-bond acceptors (Lipinski definition) is 4. The molecule has 1 aromatic carbocycles. The van der Waals surface area contributed by atoms with Gasteiger partial charge in [-0.15, -0.1) is 0 Å². The summed E-state index contributed by atoms with van der Waals surface area (Å²) in [5.41, 5.74) is 1.41. The van der Waals surface area contributed by atoms with Gasteiger partial charge in [0.05, 0.1) is 19.9 Å². The molecule has 1 atom stereocenters. The highest BCUT2D eigenvalue weighted by Crippen LogP contribution is 2.19. The highest BCUT2D eigenvalue weighted by Gasteiger charge is 2.25. The van der Waals surface area contributed by atoms with Gasteiger partial charge in [-0.2, -0.15) is 4.40 Å². The number of ether oxygens (including phenoxy) is 2. The summed E-state index contributed by atoms with van der Waals surface area (Å²) >= 11 is -1.65. The molecule has 1 heterocycles. The molecule has 1 aliphatic rings. The number of carbonyl (C=O) groups is 1. The summed E-state index contributed by atoms with van der Waals surface area (Å²) in [6.45, 7) is 0. The number of nitrogens with zero attached hydrogens (tertiary/aromatic N) is 2. The van der Waals surface area contributed by atoms with Crippen LogP contribution in [-0.2, 0) is 20.7 Å². The Bertz CT molecular complexity index is 607. The van der Waals surface area contributed by atoms with Crippen molar-refractivity contribution in [2.24, 2.45) is 4.40 Å². The van der Waals surface area contributed by atoms with Crippen molar-refractivity contribution in [1.82, 2.24) is 4.31 Å². The second-order valence-corrected chi connectivity index (χ2v) is 5.15. The number of benzene rings is 1. The second-order valence-electron chi connectivity index (χ2n) is 3.95. The summed E-state index contributed by atoms with van der Waals surface area (Å²) in [7, 11) is 4.37. The van der Waals surface area contributed by atoms with Crippen molar-refractivity contribution >= 4 is 22.9 Å². The van der Waals surface area contributed by atoms with Gasteiger partial charge in [-0.25, -0.2) is 9.00 Å². The first-order chi connectivity index (χ1) is 9.56. The predicted octanol–water partition coefficient (Wildman–Crippen LogP) is 1.07. The van der Waals surface area contributed by atoms with E-state index in [4.69, 9.17) is 4.74 Å². The molecule has 0 fully saturated rings. The van der Waals surface area contributed by atoms with Crippen LogP contribution in [0.2, 0.25) is 0 Å². The molecule has 0 radical (unpaired) electrons. The maximum atomic E-state index is 11.9. The first kappa shape index (κ1) is 14.3. The number of allylic oxidation sites excluding steroid dienone is 1. The lowest BCUT2D eigenvalue weighted by Crippen LogP contribution is -2.30. The Morgan fingerprint density at radius 1 is 1.25 bits per heavy atom. The van der Waals surface area contributed by atoms with Crippen molar-refractivity contribution in [2.45, 2.75) is 0 Å². The quantitative estimate of drug-likeness (QED) is 0.782. The van der Waals surface area contributed by atoms with Crippen molar-refractivity contribution in [2.75, 3.05) is 21.3 Å². The van der Waals surface area contributed by atoms with E-state index in [2.05, 4.69) is 9.13 Å². The van der Waals surface area contributed by atoms with Crippen LogP contribution in [0.3, 0.4) is 0 Å². The van der Waals surface area contributed by atoms with Crippen molar-refractivity contribution in [3.05, 3.63) is 41.6 Å².